The molecule has 4 rings (SSSR count). The van der Waals surface area contributed by atoms with E-state index in [-0.39, 0.29) is 5.91 Å². The molecule has 3 heterocycles. The summed E-state index contributed by atoms with van der Waals surface area (Å²) in [5.74, 6) is 1.75. The van der Waals surface area contributed by atoms with Gasteiger partial charge in [0.05, 0.1) is 11.0 Å². The van der Waals surface area contributed by atoms with Crippen LogP contribution in [0.1, 0.15) is 31.5 Å². The molecule has 5 nitrogen and oxygen atoms in total. The van der Waals surface area contributed by atoms with Crippen molar-refractivity contribution in [1.29, 1.82) is 0 Å². The molecular weight excluding hydrogens is 300 g/mol. The zero-order valence-corrected chi connectivity index (χ0v) is 14.4. The minimum absolute atomic E-state index is 0.226. The van der Waals surface area contributed by atoms with E-state index in [1.165, 1.54) is 19.3 Å². The van der Waals surface area contributed by atoms with Crippen molar-refractivity contribution in [2.75, 3.05) is 19.6 Å². The maximum absolute atomic E-state index is 12.9. The van der Waals surface area contributed by atoms with Gasteiger partial charge in [-0.15, -0.1) is 0 Å². The summed E-state index contributed by atoms with van der Waals surface area (Å²) in [6, 6.07) is 8.65. The van der Waals surface area contributed by atoms with Crippen LogP contribution in [0.15, 0.2) is 24.3 Å². The molecule has 2 aliphatic rings. The minimum Gasteiger partial charge on any atom is -0.341 e. The van der Waals surface area contributed by atoms with Crippen LogP contribution in [-0.2, 0) is 11.3 Å². The molecule has 128 valence electrons. The third-order valence-electron chi connectivity index (χ3n) is 5.63. The summed E-state index contributed by atoms with van der Waals surface area (Å²) in [5.41, 5.74) is 2.02. The second-order valence-corrected chi connectivity index (χ2v) is 7.18. The smallest absolute Gasteiger partial charge is 0.242 e. The van der Waals surface area contributed by atoms with Crippen LogP contribution in [-0.4, -0.2) is 46.0 Å². The SMILES string of the molecule is Cc1nc2ccccc2n1CC(=O)N1CC[C@H]2NCCCC[C@H]2C1. The second-order valence-electron chi connectivity index (χ2n) is 7.18. The lowest BCUT2D eigenvalue weighted by atomic mass is 9.89. The number of piperidine rings is 1. The lowest BCUT2D eigenvalue weighted by Gasteiger charge is -2.38. The average Bonchev–Trinajstić information content (AvgIpc) is 2.77. The Hall–Kier alpha value is -1.88. The predicted molar refractivity (Wildman–Crippen MR) is 94.8 cm³/mol. The van der Waals surface area contributed by atoms with Gasteiger partial charge in [0, 0.05) is 19.1 Å². The first-order chi connectivity index (χ1) is 11.7. The highest BCUT2D eigenvalue weighted by Gasteiger charge is 2.32. The zero-order valence-electron chi connectivity index (χ0n) is 14.4. The lowest BCUT2D eigenvalue weighted by Crippen LogP contribution is -2.51. The first-order valence-corrected chi connectivity index (χ1v) is 9.15. The van der Waals surface area contributed by atoms with Gasteiger partial charge in [-0.1, -0.05) is 18.6 Å². The van der Waals surface area contributed by atoms with Crippen molar-refractivity contribution in [1.82, 2.24) is 19.8 Å². The van der Waals surface area contributed by atoms with Gasteiger partial charge in [0.25, 0.3) is 0 Å². The Balaban J connectivity index is 1.49. The van der Waals surface area contributed by atoms with Gasteiger partial charge in [0.15, 0.2) is 0 Å². The Bertz CT molecular complexity index is 738. The lowest BCUT2D eigenvalue weighted by molar-refractivity contribution is -0.134. The summed E-state index contributed by atoms with van der Waals surface area (Å²) in [4.78, 5) is 19.5. The fourth-order valence-corrected chi connectivity index (χ4v) is 4.27. The molecule has 2 aliphatic heterocycles. The van der Waals surface area contributed by atoms with E-state index >= 15 is 0 Å². The number of para-hydroxylation sites is 2. The van der Waals surface area contributed by atoms with Crippen molar-refractivity contribution in [3.63, 3.8) is 0 Å². The highest BCUT2D eigenvalue weighted by molar-refractivity contribution is 5.81. The van der Waals surface area contributed by atoms with E-state index in [9.17, 15) is 4.79 Å². The number of rotatable bonds is 2. The molecule has 1 aromatic carbocycles. The third kappa shape index (κ3) is 2.93. The van der Waals surface area contributed by atoms with E-state index in [2.05, 4.69) is 19.8 Å². The molecule has 0 saturated carbocycles. The Labute approximate surface area is 143 Å². The fraction of sp³-hybridized carbons (Fsp3) is 0.579. The van der Waals surface area contributed by atoms with Gasteiger partial charge in [0.1, 0.15) is 12.4 Å². The van der Waals surface area contributed by atoms with Crippen LogP contribution in [0, 0.1) is 12.8 Å². The number of hydrogen-bond donors (Lipinski definition) is 1. The molecule has 5 heteroatoms. The van der Waals surface area contributed by atoms with Gasteiger partial charge in [-0.3, -0.25) is 4.79 Å². The van der Waals surface area contributed by atoms with E-state index in [1.807, 2.05) is 31.2 Å². The van der Waals surface area contributed by atoms with Crippen LogP contribution in [0.25, 0.3) is 11.0 Å². The van der Waals surface area contributed by atoms with Crippen LogP contribution < -0.4 is 5.32 Å². The van der Waals surface area contributed by atoms with Gasteiger partial charge in [-0.05, 0) is 50.8 Å². The summed E-state index contributed by atoms with van der Waals surface area (Å²) in [6.45, 7) is 5.29. The number of carbonyl (C=O) groups excluding carboxylic acids is 1. The van der Waals surface area contributed by atoms with Crippen molar-refractivity contribution in [2.45, 2.75) is 45.2 Å². The molecule has 0 aliphatic carbocycles. The van der Waals surface area contributed by atoms with Gasteiger partial charge < -0.3 is 14.8 Å². The average molecular weight is 326 g/mol. The highest BCUT2D eigenvalue weighted by Crippen LogP contribution is 2.25. The number of carbonyl (C=O) groups is 1. The molecule has 1 aromatic heterocycles. The minimum atomic E-state index is 0.226. The van der Waals surface area contributed by atoms with Crippen molar-refractivity contribution < 1.29 is 4.79 Å². The largest absolute Gasteiger partial charge is 0.341 e. The predicted octanol–water partition coefficient (Wildman–Crippen LogP) is 2.34. The van der Waals surface area contributed by atoms with Crippen LogP contribution in [0.3, 0.4) is 0 Å². The number of nitrogens with one attached hydrogen (secondary N) is 1. The molecule has 1 amide bonds. The molecule has 2 saturated heterocycles. The maximum atomic E-state index is 12.9. The number of fused-ring (bicyclic) bond motifs is 2. The number of likely N-dealkylation sites (tertiary alicyclic amines) is 1. The normalized spacial score (nSPS) is 24.6. The highest BCUT2D eigenvalue weighted by atomic mass is 16.2. The van der Waals surface area contributed by atoms with E-state index in [0.29, 0.717) is 18.5 Å². The number of hydrogen-bond acceptors (Lipinski definition) is 3. The summed E-state index contributed by atoms with van der Waals surface area (Å²) < 4.78 is 2.05. The fourth-order valence-electron chi connectivity index (χ4n) is 4.27. The van der Waals surface area contributed by atoms with Gasteiger partial charge in [0.2, 0.25) is 5.91 Å². The Morgan fingerprint density at radius 1 is 1.29 bits per heavy atom. The third-order valence-corrected chi connectivity index (χ3v) is 5.63. The van der Waals surface area contributed by atoms with Crippen molar-refractivity contribution in [3.05, 3.63) is 30.1 Å². The summed E-state index contributed by atoms with van der Waals surface area (Å²) >= 11 is 0. The van der Waals surface area contributed by atoms with Crippen molar-refractivity contribution >= 4 is 16.9 Å². The monoisotopic (exact) mass is 326 g/mol. The quantitative estimate of drug-likeness (QED) is 0.921. The van der Waals surface area contributed by atoms with Crippen LogP contribution >= 0.6 is 0 Å². The van der Waals surface area contributed by atoms with Crippen molar-refractivity contribution in [2.24, 2.45) is 5.92 Å². The molecule has 0 radical (unpaired) electrons. The number of aromatic nitrogens is 2. The van der Waals surface area contributed by atoms with E-state index < -0.39 is 0 Å². The van der Waals surface area contributed by atoms with Gasteiger partial charge >= 0.3 is 0 Å². The first-order valence-electron chi connectivity index (χ1n) is 9.15. The topological polar surface area (TPSA) is 50.2 Å². The van der Waals surface area contributed by atoms with Crippen molar-refractivity contribution in [3.8, 4) is 0 Å². The number of aryl methyl sites for hydroxylation is 1. The molecule has 0 bridgehead atoms. The zero-order chi connectivity index (χ0) is 16.5. The molecule has 2 aromatic rings. The summed E-state index contributed by atoms with van der Waals surface area (Å²) in [6.07, 6.45) is 4.87. The molecule has 0 unspecified atom stereocenters. The van der Waals surface area contributed by atoms with Gasteiger partial charge in [-0.2, -0.15) is 0 Å². The van der Waals surface area contributed by atoms with Crippen LogP contribution in [0.2, 0.25) is 0 Å². The molecule has 2 fully saturated rings. The van der Waals surface area contributed by atoms with Crippen LogP contribution in [0.4, 0.5) is 0 Å². The Morgan fingerprint density at radius 2 is 2.17 bits per heavy atom. The summed E-state index contributed by atoms with van der Waals surface area (Å²) in [7, 11) is 0. The molecule has 0 spiro atoms. The molecule has 1 N–H and O–H groups in total. The first kappa shape index (κ1) is 15.6. The molecule has 24 heavy (non-hydrogen) atoms. The number of imidazole rings is 1. The molecular formula is C19H26N4O. The second kappa shape index (κ2) is 6.55. The van der Waals surface area contributed by atoms with Gasteiger partial charge in [-0.25, -0.2) is 4.98 Å². The van der Waals surface area contributed by atoms with E-state index in [1.54, 1.807) is 0 Å². The Morgan fingerprint density at radius 3 is 3.08 bits per heavy atom. The number of amides is 1. The van der Waals surface area contributed by atoms with E-state index in [0.717, 1.165) is 42.9 Å². The van der Waals surface area contributed by atoms with E-state index in [4.69, 9.17) is 0 Å². The van der Waals surface area contributed by atoms with Crippen LogP contribution in [0.5, 0.6) is 0 Å². The number of nitrogens with zero attached hydrogens (tertiary/aromatic N) is 3. The maximum Gasteiger partial charge on any atom is 0.242 e. The standard InChI is InChI=1S/C19H26N4O/c1-14-21-17-7-2-3-8-18(17)23(14)13-19(24)22-11-9-16-15(12-22)6-4-5-10-20-16/h2-3,7-8,15-16,20H,4-6,9-13H2,1H3/t15-,16+/m0/s1. The number of benzene rings is 1. The summed E-state index contributed by atoms with van der Waals surface area (Å²) in [5, 5.41) is 3.67. The Kier molecular flexibility index (Phi) is 4.27. The molecule has 2 atom stereocenters.